The van der Waals surface area contributed by atoms with Crippen molar-refractivity contribution >= 4 is 5.91 Å². The lowest BCUT2D eigenvalue weighted by Crippen LogP contribution is -2.47. The molecule has 0 aromatic carbocycles. The van der Waals surface area contributed by atoms with Crippen molar-refractivity contribution in [2.24, 2.45) is 5.73 Å². The summed E-state index contributed by atoms with van der Waals surface area (Å²) in [6, 6.07) is 3.47. The van der Waals surface area contributed by atoms with E-state index in [1.165, 1.54) is 0 Å². The first-order valence-corrected chi connectivity index (χ1v) is 6.58. The van der Waals surface area contributed by atoms with Gasteiger partial charge in [0.15, 0.2) is 0 Å². The number of carbonyl (C=O) groups excluding carboxylic acids is 1. The maximum atomic E-state index is 12.2. The molecule has 0 spiro atoms. The van der Waals surface area contributed by atoms with E-state index in [2.05, 4.69) is 31.1 Å². The lowest BCUT2D eigenvalue weighted by atomic mass is 9.89. The van der Waals surface area contributed by atoms with Crippen LogP contribution in [0.15, 0.2) is 18.3 Å². The topological polar surface area (TPSA) is 68.0 Å². The van der Waals surface area contributed by atoms with Crippen molar-refractivity contribution in [2.45, 2.75) is 52.1 Å². The van der Waals surface area contributed by atoms with Crippen LogP contribution in [0.25, 0.3) is 0 Å². The fourth-order valence-electron chi connectivity index (χ4n) is 2.06. The Kier molecular flexibility index (Phi) is 5.28. The van der Waals surface area contributed by atoms with Crippen LogP contribution in [-0.4, -0.2) is 16.4 Å². The molecule has 4 nitrogen and oxygen atoms in total. The van der Waals surface area contributed by atoms with Gasteiger partial charge in [0.2, 0.25) is 0 Å². The lowest BCUT2D eigenvalue weighted by molar-refractivity contribution is 0.0888. The second-order valence-electron chi connectivity index (χ2n) is 4.54. The van der Waals surface area contributed by atoms with Gasteiger partial charge in [0.05, 0.1) is 5.69 Å². The first-order valence-electron chi connectivity index (χ1n) is 6.58. The van der Waals surface area contributed by atoms with Gasteiger partial charge in [0, 0.05) is 23.8 Å². The summed E-state index contributed by atoms with van der Waals surface area (Å²) in [5, 5.41) is 3.14. The SMILES string of the molecule is CCC(CC)(CC)NC(=O)c1ccnc(CN)c1. The van der Waals surface area contributed by atoms with Gasteiger partial charge in [0.1, 0.15) is 0 Å². The van der Waals surface area contributed by atoms with Crippen molar-refractivity contribution in [3.63, 3.8) is 0 Å². The number of nitrogens with zero attached hydrogens (tertiary/aromatic N) is 1. The second-order valence-corrected chi connectivity index (χ2v) is 4.54. The van der Waals surface area contributed by atoms with E-state index in [1.54, 1.807) is 18.3 Å². The Morgan fingerprint density at radius 3 is 2.44 bits per heavy atom. The van der Waals surface area contributed by atoms with Gasteiger partial charge in [-0.3, -0.25) is 9.78 Å². The molecule has 100 valence electrons. The zero-order chi connectivity index (χ0) is 13.6. The van der Waals surface area contributed by atoms with Crippen LogP contribution in [0.2, 0.25) is 0 Å². The number of rotatable bonds is 6. The predicted octanol–water partition coefficient (Wildman–Crippen LogP) is 2.24. The summed E-state index contributed by atoms with van der Waals surface area (Å²) in [4.78, 5) is 16.3. The van der Waals surface area contributed by atoms with E-state index in [9.17, 15) is 4.79 Å². The van der Waals surface area contributed by atoms with E-state index in [4.69, 9.17) is 5.73 Å². The number of carbonyl (C=O) groups is 1. The number of aromatic nitrogens is 1. The summed E-state index contributed by atoms with van der Waals surface area (Å²) in [5.41, 5.74) is 6.79. The summed E-state index contributed by atoms with van der Waals surface area (Å²) < 4.78 is 0. The average molecular weight is 249 g/mol. The summed E-state index contributed by atoms with van der Waals surface area (Å²) in [7, 11) is 0. The number of amides is 1. The largest absolute Gasteiger partial charge is 0.347 e. The van der Waals surface area contributed by atoms with Crippen LogP contribution >= 0.6 is 0 Å². The Bertz CT molecular complexity index is 392. The van der Waals surface area contributed by atoms with E-state index in [0.29, 0.717) is 12.1 Å². The molecule has 1 aromatic heterocycles. The molecule has 1 aromatic rings. The molecular weight excluding hydrogens is 226 g/mol. The van der Waals surface area contributed by atoms with Crippen LogP contribution < -0.4 is 11.1 Å². The van der Waals surface area contributed by atoms with E-state index in [-0.39, 0.29) is 11.4 Å². The summed E-state index contributed by atoms with van der Waals surface area (Å²) in [6.07, 6.45) is 4.42. The molecule has 0 bridgehead atoms. The molecule has 0 radical (unpaired) electrons. The van der Waals surface area contributed by atoms with Crippen LogP contribution in [-0.2, 0) is 6.54 Å². The highest BCUT2D eigenvalue weighted by Crippen LogP contribution is 2.20. The third kappa shape index (κ3) is 3.29. The van der Waals surface area contributed by atoms with Crippen molar-refractivity contribution in [3.05, 3.63) is 29.6 Å². The van der Waals surface area contributed by atoms with Crippen molar-refractivity contribution in [2.75, 3.05) is 0 Å². The van der Waals surface area contributed by atoms with Gasteiger partial charge in [-0.1, -0.05) is 20.8 Å². The van der Waals surface area contributed by atoms with Crippen molar-refractivity contribution in [3.8, 4) is 0 Å². The molecule has 18 heavy (non-hydrogen) atoms. The standard InChI is InChI=1S/C14H23N3O/c1-4-14(5-2,6-3)17-13(18)11-7-8-16-12(9-11)10-15/h7-9H,4-6,10,15H2,1-3H3,(H,17,18). The predicted molar refractivity (Wildman–Crippen MR) is 73.2 cm³/mol. The first kappa shape index (κ1) is 14.6. The van der Waals surface area contributed by atoms with Crippen molar-refractivity contribution < 1.29 is 4.79 Å². The van der Waals surface area contributed by atoms with Gasteiger partial charge >= 0.3 is 0 Å². The normalized spacial score (nSPS) is 11.3. The zero-order valence-electron chi connectivity index (χ0n) is 11.5. The fourth-order valence-corrected chi connectivity index (χ4v) is 2.06. The molecule has 0 aliphatic carbocycles. The molecule has 0 fully saturated rings. The molecule has 0 atom stereocenters. The monoisotopic (exact) mass is 249 g/mol. The fraction of sp³-hybridized carbons (Fsp3) is 0.571. The summed E-state index contributed by atoms with van der Waals surface area (Å²) in [6.45, 7) is 6.66. The molecule has 1 rings (SSSR count). The molecule has 0 aliphatic heterocycles. The number of pyridine rings is 1. The molecular formula is C14H23N3O. The van der Waals surface area contributed by atoms with Crippen molar-refractivity contribution in [1.82, 2.24) is 10.3 Å². The minimum atomic E-state index is -0.108. The Labute approximate surface area is 109 Å². The smallest absolute Gasteiger partial charge is 0.251 e. The van der Waals surface area contributed by atoms with Gasteiger partial charge in [-0.25, -0.2) is 0 Å². The number of nitrogens with one attached hydrogen (secondary N) is 1. The van der Waals surface area contributed by atoms with E-state index in [1.807, 2.05) is 0 Å². The number of hydrogen-bond donors (Lipinski definition) is 2. The van der Waals surface area contributed by atoms with Crippen molar-refractivity contribution in [1.29, 1.82) is 0 Å². The van der Waals surface area contributed by atoms with Gasteiger partial charge in [-0.15, -0.1) is 0 Å². The number of hydrogen-bond acceptors (Lipinski definition) is 3. The summed E-state index contributed by atoms with van der Waals surface area (Å²) in [5.74, 6) is -0.0438. The Morgan fingerprint density at radius 2 is 1.94 bits per heavy atom. The van der Waals surface area contributed by atoms with Gasteiger partial charge in [-0.2, -0.15) is 0 Å². The molecule has 0 aliphatic rings. The molecule has 3 N–H and O–H groups in total. The van der Waals surface area contributed by atoms with Crippen LogP contribution in [0.1, 0.15) is 56.1 Å². The first-order chi connectivity index (χ1) is 8.60. The van der Waals surface area contributed by atoms with Crippen LogP contribution in [0, 0.1) is 0 Å². The summed E-state index contributed by atoms with van der Waals surface area (Å²) >= 11 is 0. The Morgan fingerprint density at radius 1 is 1.33 bits per heavy atom. The van der Waals surface area contributed by atoms with E-state index in [0.717, 1.165) is 25.0 Å². The van der Waals surface area contributed by atoms with E-state index < -0.39 is 0 Å². The highest BCUT2D eigenvalue weighted by Gasteiger charge is 2.26. The second kappa shape index (κ2) is 6.50. The maximum absolute atomic E-state index is 12.2. The third-order valence-electron chi connectivity index (χ3n) is 3.70. The molecule has 0 unspecified atom stereocenters. The third-order valence-corrected chi connectivity index (χ3v) is 3.70. The Hall–Kier alpha value is -1.42. The minimum Gasteiger partial charge on any atom is -0.347 e. The average Bonchev–Trinajstić information content (AvgIpc) is 2.44. The maximum Gasteiger partial charge on any atom is 0.251 e. The van der Waals surface area contributed by atoms with Crippen LogP contribution in [0.3, 0.4) is 0 Å². The lowest BCUT2D eigenvalue weighted by Gasteiger charge is -2.31. The highest BCUT2D eigenvalue weighted by atomic mass is 16.1. The molecule has 4 heteroatoms. The highest BCUT2D eigenvalue weighted by molar-refractivity contribution is 5.94. The molecule has 0 saturated carbocycles. The minimum absolute atomic E-state index is 0.0438. The molecule has 1 heterocycles. The van der Waals surface area contributed by atoms with Gasteiger partial charge < -0.3 is 11.1 Å². The van der Waals surface area contributed by atoms with Crippen LogP contribution in [0.4, 0.5) is 0 Å². The number of nitrogens with two attached hydrogens (primary N) is 1. The Balaban J connectivity index is 2.86. The van der Waals surface area contributed by atoms with Crippen LogP contribution in [0.5, 0.6) is 0 Å². The van der Waals surface area contributed by atoms with Gasteiger partial charge in [-0.05, 0) is 31.4 Å². The van der Waals surface area contributed by atoms with E-state index >= 15 is 0 Å². The molecule has 0 saturated heterocycles. The zero-order valence-corrected chi connectivity index (χ0v) is 11.5. The quantitative estimate of drug-likeness (QED) is 0.812. The molecule has 1 amide bonds. The van der Waals surface area contributed by atoms with Gasteiger partial charge in [0.25, 0.3) is 5.91 Å².